The van der Waals surface area contributed by atoms with Gasteiger partial charge in [-0.25, -0.2) is 13.1 Å². The number of aromatic nitrogens is 4. The maximum absolute atomic E-state index is 13.8. The summed E-state index contributed by atoms with van der Waals surface area (Å²) >= 11 is 0. The first-order valence-electron chi connectivity index (χ1n) is 9.20. The Morgan fingerprint density at radius 2 is 1.66 bits per heavy atom. The predicted molar refractivity (Wildman–Crippen MR) is 109 cm³/mol. The molecule has 0 saturated heterocycles. The maximum Gasteiger partial charge on any atom is 0.434 e. The van der Waals surface area contributed by atoms with E-state index < -0.39 is 21.9 Å². The summed E-state index contributed by atoms with van der Waals surface area (Å²) in [6, 6.07) is 11.6. The number of anilines is 1. The van der Waals surface area contributed by atoms with E-state index in [2.05, 4.69) is 20.0 Å². The van der Waals surface area contributed by atoms with Crippen LogP contribution >= 0.6 is 0 Å². The molecule has 0 unspecified atom stereocenters. The van der Waals surface area contributed by atoms with Crippen molar-refractivity contribution in [3.8, 4) is 17.1 Å². The third-order valence-electron chi connectivity index (χ3n) is 4.49. The number of rotatable bonds is 5. The van der Waals surface area contributed by atoms with Crippen molar-refractivity contribution in [3.05, 3.63) is 71.8 Å². The van der Waals surface area contributed by atoms with Crippen molar-refractivity contribution in [1.82, 2.24) is 19.9 Å². The molecule has 0 bridgehead atoms. The molecule has 0 atom stereocenters. The number of nitrogens with one attached hydrogen (secondary N) is 1. The Labute approximate surface area is 180 Å². The Balaban J connectivity index is 1.66. The Morgan fingerprint density at radius 1 is 1.00 bits per heavy atom. The van der Waals surface area contributed by atoms with Crippen molar-refractivity contribution < 1.29 is 26.1 Å². The zero-order valence-electron chi connectivity index (χ0n) is 16.8. The van der Waals surface area contributed by atoms with E-state index >= 15 is 0 Å². The molecule has 8 nitrogen and oxygen atoms in total. The van der Waals surface area contributed by atoms with Crippen LogP contribution in [0.1, 0.15) is 17.1 Å². The first-order chi connectivity index (χ1) is 15.0. The fraction of sp³-hybridized carbons (Fsp3) is 0.150. The molecule has 2 heterocycles. The van der Waals surface area contributed by atoms with Gasteiger partial charge >= 0.3 is 6.18 Å². The second-order valence-corrected chi connectivity index (χ2v) is 8.61. The third-order valence-corrected chi connectivity index (χ3v) is 5.89. The summed E-state index contributed by atoms with van der Waals surface area (Å²) in [4.78, 5) is 3.91. The highest BCUT2D eigenvalue weighted by Crippen LogP contribution is 2.38. The summed E-state index contributed by atoms with van der Waals surface area (Å²) < 4.78 is 74.4. The van der Waals surface area contributed by atoms with Crippen LogP contribution in [0.3, 0.4) is 0 Å². The second kappa shape index (κ2) is 7.79. The lowest BCUT2D eigenvalue weighted by Crippen LogP contribution is -2.15. The molecular formula is C20H16F3N5O3S. The zero-order valence-corrected chi connectivity index (χ0v) is 17.6. The van der Waals surface area contributed by atoms with Crippen LogP contribution in [0, 0.1) is 13.8 Å². The Bertz CT molecular complexity index is 1360. The smallest absolute Gasteiger partial charge is 0.334 e. The maximum atomic E-state index is 13.8. The summed E-state index contributed by atoms with van der Waals surface area (Å²) in [5, 5.41) is 7.35. The van der Waals surface area contributed by atoms with Gasteiger partial charge in [0.1, 0.15) is 0 Å². The van der Waals surface area contributed by atoms with Crippen LogP contribution in [0.4, 0.5) is 18.9 Å². The molecule has 0 amide bonds. The highest BCUT2D eigenvalue weighted by atomic mass is 32.2. The summed E-state index contributed by atoms with van der Waals surface area (Å²) in [5.74, 6) is -0.116. The van der Waals surface area contributed by atoms with E-state index in [1.165, 1.54) is 43.3 Å². The summed E-state index contributed by atoms with van der Waals surface area (Å²) in [6.07, 6.45) is -3.77. The number of sulfonamides is 1. The molecule has 0 fully saturated rings. The van der Waals surface area contributed by atoms with Gasteiger partial charge in [-0.1, -0.05) is 22.9 Å². The SMILES string of the molecule is Cc1ccc(S(=O)(=O)Nc2ccc(-n3ncc(-c4nc(C)no4)c3C(F)(F)F)cc2)cc1. The first kappa shape index (κ1) is 21.6. The lowest BCUT2D eigenvalue weighted by Gasteiger charge is -2.13. The van der Waals surface area contributed by atoms with Crippen molar-refractivity contribution >= 4 is 15.7 Å². The number of aryl methyl sites for hydroxylation is 2. The van der Waals surface area contributed by atoms with E-state index in [1.54, 1.807) is 12.1 Å². The van der Waals surface area contributed by atoms with Gasteiger partial charge in [-0.05, 0) is 50.2 Å². The van der Waals surface area contributed by atoms with Gasteiger partial charge in [-0.2, -0.15) is 23.3 Å². The average Bonchev–Trinajstić information content (AvgIpc) is 3.35. The number of hydrogen-bond donors (Lipinski definition) is 1. The van der Waals surface area contributed by atoms with E-state index in [1.807, 2.05) is 6.92 Å². The minimum Gasteiger partial charge on any atom is -0.334 e. The van der Waals surface area contributed by atoms with Gasteiger partial charge in [-0.15, -0.1) is 0 Å². The molecule has 0 aliphatic carbocycles. The molecule has 1 N–H and O–H groups in total. The van der Waals surface area contributed by atoms with Crippen LogP contribution in [0.25, 0.3) is 17.1 Å². The van der Waals surface area contributed by atoms with Crippen molar-refractivity contribution in [2.45, 2.75) is 24.9 Å². The van der Waals surface area contributed by atoms with Crippen LogP contribution in [0.2, 0.25) is 0 Å². The Hall–Kier alpha value is -3.67. The van der Waals surface area contributed by atoms with Crippen molar-refractivity contribution in [1.29, 1.82) is 0 Å². The molecule has 166 valence electrons. The van der Waals surface area contributed by atoms with Crippen molar-refractivity contribution in [2.24, 2.45) is 0 Å². The third kappa shape index (κ3) is 4.21. The molecule has 0 aliphatic heterocycles. The van der Waals surface area contributed by atoms with Gasteiger partial charge in [0.25, 0.3) is 15.9 Å². The fourth-order valence-corrected chi connectivity index (χ4v) is 4.04. The normalized spacial score (nSPS) is 12.2. The number of hydrogen-bond acceptors (Lipinski definition) is 6. The Morgan fingerprint density at radius 3 is 2.22 bits per heavy atom. The molecule has 0 spiro atoms. The molecule has 2 aromatic carbocycles. The predicted octanol–water partition coefficient (Wildman–Crippen LogP) is 4.36. The lowest BCUT2D eigenvalue weighted by atomic mass is 10.2. The molecule has 0 radical (unpaired) electrons. The first-order valence-corrected chi connectivity index (χ1v) is 10.7. The van der Waals surface area contributed by atoms with Gasteiger partial charge in [0.2, 0.25) is 0 Å². The minimum atomic E-state index is -4.76. The van der Waals surface area contributed by atoms with E-state index in [-0.39, 0.29) is 33.5 Å². The molecule has 32 heavy (non-hydrogen) atoms. The molecule has 2 aromatic heterocycles. The lowest BCUT2D eigenvalue weighted by molar-refractivity contribution is -0.142. The highest BCUT2D eigenvalue weighted by molar-refractivity contribution is 7.92. The van der Waals surface area contributed by atoms with Gasteiger partial charge in [0, 0.05) is 5.69 Å². The van der Waals surface area contributed by atoms with E-state index in [9.17, 15) is 21.6 Å². The monoisotopic (exact) mass is 463 g/mol. The van der Waals surface area contributed by atoms with Crippen LogP contribution in [0.5, 0.6) is 0 Å². The topological polar surface area (TPSA) is 103 Å². The summed E-state index contributed by atoms with van der Waals surface area (Å²) in [7, 11) is -3.85. The van der Waals surface area contributed by atoms with Crippen LogP contribution in [0.15, 0.2) is 64.1 Å². The fourth-order valence-electron chi connectivity index (χ4n) is 2.98. The highest BCUT2D eigenvalue weighted by Gasteiger charge is 2.40. The van der Waals surface area contributed by atoms with Crippen molar-refractivity contribution in [3.63, 3.8) is 0 Å². The van der Waals surface area contributed by atoms with Gasteiger partial charge < -0.3 is 4.52 Å². The van der Waals surface area contributed by atoms with Gasteiger partial charge in [0.15, 0.2) is 11.5 Å². The number of benzene rings is 2. The van der Waals surface area contributed by atoms with Gasteiger partial charge in [-0.3, -0.25) is 4.72 Å². The van der Waals surface area contributed by atoms with Crippen molar-refractivity contribution in [2.75, 3.05) is 4.72 Å². The number of alkyl halides is 3. The second-order valence-electron chi connectivity index (χ2n) is 6.93. The average molecular weight is 463 g/mol. The minimum absolute atomic E-state index is 0.0677. The van der Waals surface area contributed by atoms with E-state index in [0.717, 1.165) is 11.8 Å². The number of halogens is 3. The molecule has 4 aromatic rings. The standard InChI is InChI=1S/C20H16F3N5O3S/c1-12-3-9-16(10-4-12)32(29,30)27-14-5-7-15(8-6-14)28-18(20(21,22)23)17(11-24-28)19-25-13(2)26-31-19/h3-11,27H,1-2H3. The van der Waals surface area contributed by atoms with Crippen LogP contribution in [-0.2, 0) is 16.2 Å². The molecule has 0 aliphatic rings. The van der Waals surface area contributed by atoms with Gasteiger partial charge in [0.05, 0.1) is 22.3 Å². The van der Waals surface area contributed by atoms with E-state index in [0.29, 0.717) is 4.68 Å². The largest absolute Gasteiger partial charge is 0.434 e. The molecule has 12 heteroatoms. The zero-order chi connectivity index (χ0) is 23.1. The molecule has 4 rings (SSSR count). The van der Waals surface area contributed by atoms with E-state index in [4.69, 9.17) is 4.52 Å². The molecular weight excluding hydrogens is 447 g/mol. The number of nitrogens with zero attached hydrogens (tertiary/aromatic N) is 4. The summed E-state index contributed by atoms with van der Waals surface area (Å²) in [6.45, 7) is 3.32. The van der Waals surface area contributed by atoms with Crippen LogP contribution < -0.4 is 4.72 Å². The quantitative estimate of drug-likeness (QED) is 0.472. The molecule has 0 saturated carbocycles. The van der Waals surface area contributed by atoms with Crippen LogP contribution in [-0.4, -0.2) is 28.3 Å². The summed E-state index contributed by atoms with van der Waals surface area (Å²) in [5.41, 5.74) is -0.291. The Kier molecular flexibility index (Phi) is 5.25.